The maximum absolute atomic E-state index is 14.3. The van der Waals surface area contributed by atoms with Crippen molar-refractivity contribution in [3.05, 3.63) is 136 Å². The summed E-state index contributed by atoms with van der Waals surface area (Å²) in [6.45, 7) is 0. The zero-order chi connectivity index (χ0) is 24.0. The molecule has 1 amide bonds. The highest BCUT2D eigenvalue weighted by atomic mass is 79.9. The minimum absolute atomic E-state index is 0.0872. The molecular weight excluding hydrogens is 492 g/mol. The van der Waals surface area contributed by atoms with Gasteiger partial charge in [0.05, 0.1) is 0 Å². The Morgan fingerprint density at radius 3 is 1.68 bits per heavy atom. The molecule has 3 aromatic carbocycles. The standard InChI is InChI=1S/C28H23BrN2O3/c29-25-20(11-10-18-30-25)19-24(26(32)33)31-27(34)28(21-12-4-1-5-13-21,22-14-6-2-7-15-22)23-16-8-3-9-17-23/h1-18,24H,19H2,(H,31,34)(H,32,33)/t24-/m0/s1. The van der Waals surface area contributed by atoms with Crippen LogP contribution in [0.15, 0.2) is 114 Å². The van der Waals surface area contributed by atoms with Gasteiger partial charge in [-0.3, -0.25) is 4.79 Å². The first-order valence-electron chi connectivity index (χ1n) is 10.8. The molecule has 170 valence electrons. The molecule has 6 heteroatoms. The van der Waals surface area contributed by atoms with Crippen LogP contribution >= 0.6 is 15.9 Å². The second kappa shape index (κ2) is 10.4. The first-order valence-corrected chi connectivity index (χ1v) is 11.6. The lowest BCUT2D eigenvalue weighted by atomic mass is 9.68. The van der Waals surface area contributed by atoms with Crippen LogP contribution in [0.2, 0.25) is 0 Å². The van der Waals surface area contributed by atoms with E-state index in [1.165, 1.54) is 0 Å². The molecule has 4 rings (SSSR count). The first kappa shape index (κ1) is 23.4. The second-order valence-corrected chi connectivity index (χ2v) is 8.62. The number of hydrogen-bond acceptors (Lipinski definition) is 3. The molecule has 2 N–H and O–H groups in total. The Morgan fingerprint density at radius 2 is 1.26 bits per heavy atom. The van der Waals surface area contributed by atoms with Crippen LogP contribution in [0.25, 0.3) is 0 Å². The lowest BCUT2D eigenvalue weighted by Gasteiger charge is -2.35. The van der Waals surface area contributed by atoms with E-state index in [0.717, 1.165) is 16.7 Å². The van der Waals surface area contributed by atoms with E-state index in [1.807, 2.05) is 91.0 Å². The fourth-order valence-electron chi connectivity index (χ4n) is 4.22. The van der Waals surface area contributed by atoms with Crippen molar-refractivity contribution >= 4 is 27.8 Å². The molecule has 0 fully saturated rings. The van der Waals surface area contributed by atoms with Gasteiger partial charge >= 0.3 is 5.97 Å². The molecule has 0 saturated heterocycles. The van der Waals surface area contributed by atoms with Crippen LogP contribution in [0.5, 0.6) is 0 Å². The third-order valence-corrected chi connectivity index (χ3v) is 6.54. The largest absolute Gasteiger partial charge is 0.480 e. The second-order valence-electron chi connectivity index (χ2n) is 7.87. The molecular formula is C28H23BrN2O3. The van der Waals surface area contributed by atoms with Crippen molar-refractivity contribution in [2.24, 2.45) is 0 Å². The highest BCUT2D eigenvalue weighted by Gasteiger charge is 2.45. The Labute approximate surface area is 206 Å². The fourth-order valence-corrected chi connectivity index (χ4v) is 4.63. The summed E-state index contributed by atoms with van der Waals surface area (Å²) in [6.07, 6.45) is 1.71. The van der Waals surface area contributed by atoms with Crippen LogP contribution in [0.3, 0.4) is 0 Å². The third kappa shape index (κ3) is 4.63. The van der Waals surface area contributed by atoms with Crippen LogP contribution < -0.4 is 5.32 Å². The van der Waals surface area contributed by atoms with E-state index in [-0.39, 0.29) is 6.42 Å². The normalized spacial score (nSPS) is 12.0. The van der Waals surface area contributed by atoms with Gasteiger partial charge in [0.15, 0.2) is 0 Å². The quantitative estimate of drug-likeness (QED) is 0.256. The summed E-state index contributed by atoms with van der Waals surface area (Å²) in [7, 11) is 0. The molecule has 5 nitrogen and oxygen atoms in total. The Balaban J connectivity index is 1.85. The fraction of sp³-hybridized carbons (Fsp3) is 0.107. The van der Waals surface area contributed by atoms with Crippen molar-refractivity contribution < 1.29 is 14.7 Å². The third-order valence-electron chi connectivity index (χ3n) is 5.82. The summed E-state index contributed by atoms with van der Waals surface area (Å²) < 4.78 is 0.552. The molecule has 1 atom stereocenters. The van der Waals surface area contributed by atoms with Crippen LogP contribution in [-0.4, -0.2) is 28.0 Å². The average molecular weight is 515 g/mol. The molecule has 0 saturated carbocycles. The molecule has 1 aromatic heterocycles. The molecule has 0 aliphatic heterocycles. The van der Waals surface area contributed by atoms with Gasteiger partial charge in [-0.1, -0.05) is 97.1 Å². The van der Waals surface area contributed by atoms with Crippen LogP contribution in [-0.2, 0) is 21.4 Å². The molecule has 0 bridgehead atoms. The minimum Gasteiger partial charge on any atom is -0.480 e. The summed E-state index contributed by atoms with van der Waals surface area (Å²) >= 11 is 3.37. The topological polar surface area (TPSA) is 79.3 Å². The van der Waals surface area contributed by atoms with Gasteiger partial charge in [0, 0.05) is 12.6 Å². The van der Waals surface area contributed by atoms with Gasteiger partial charge in [-0.2, -0.15) is 0 Å². The molecule has 0 unspecified atom stereocenters. The lowest BCUT2D eigenvalue weighted by molar-refractivity contribution is -0.142. The highest BCUT2D eigenvalue weighted by Crippen LogP contribution is 2.39. The number of carboxylic acids is 1. The summed E-state index contributed by atoms with van der Waals surface area (Å²) in [5.41, 5.74) is 1.69. The van der Waals surface area contributed by atoms with E-state index in [1.54, 1.807) is 18.3 Å². The highest BCUT2D eigenvalue weighted by molar-refractivity contribution is 9.10. The number of aromatic nitrogens is 1. The Bertz CT molecular complexity index is 1170. The van der Waals surface area contributed by atoms with E-state index < -0.39 is 23.3 Å². The predicted molar refractivity (Wildman–Crippen MR) is 134 cm³/mol. The van der Waals surface area contributed by atoms with Gasteiger partial charge in [-0.15, -0.1) is 0 Å². The molecule has 0 aliphatic carbocycles. The Hall–Kier alpha value is -3.77. The number of carbonyl (C=O) groups excluding carboxylic acids is 1. The van der Waals surface area contributed by atoms with Gasteiger partial charge in [0.25, 0.3) is 0 Å². The minimum atomic E-state index is -1.25. The predicted octanol–water partition coefficient (Wildman–Crippen LogP) is 4.99. The van der Waals surface area contributed by atoms with Gasteiger partial charge in [-0.05, 0) is 44.3 Å². The van der Waals surface area contributed by atoms with Crippen molar-refractivity contribution in [1.82, 2.24) is 10.3 Å². The average Bonchev–Trinajstić information content (AvgIpc) is 2.87. The maximum atomic E-state index is 14.3. The zero-order valence-corrected chi connectivity index (χ0v) is 19.9. The van der Waals surface area contributed by atoms with Crippen molar-refractivity contribution in [2.45, 2.75) is 17.9 Å². The summed E-state index contributed by atoms with van der Waals surface area (Å²) in [4.78, 5) is 30.7. The van der Waals surface area contributed by atoms with Crippen molar-refractivity contribution in [3.8, 4) is 0 Å². The maximum Gasteiger partial charge on any atom is 0.326 e. The van der Waals surface area contributed by atoms with Gasteiger partial charge in [-0.25, -0.2) is 9.78 Å². The van der Waals surface area contributed by atoms with E-state index >= 15 is 0 Å². The van der Waals surface area contributed by atoms with Crippen molar-refractivity contribution in [2.75, 3.05) is 0 Å². The van der Waals surface area contributed by atoms with Gasteiger partial charge in [0.2, 0.25) is 5.91 Å². The molecule has 0 spiro atoms. The number of carbonyl (C=O) groups is 2. The van der Waals surface area contributed by atoms with E-state index in [4.69, 9.17) is 0 Å². The number of benzene rings is 3. The number of nitrogens with one attached hydrogen (secondary N) is 1. The number of aliphatic carboxylic acids is 1. The smallest absolute Gasteiger partial charge is 0.326 e. The van der Waals surface area contributed by atoms with Crippen LogP contribution in [0, 0.1) is 0 Å². The SMILES string of the molecule is O=C(O)[C@H](Cc1cccnc1Br)NC(=O)C(c1ccccc1)(c1ccccc1)c1ccccc1. The summed E-state index contributed by atoms with van der Waals surface area (Å²) in [5, 5.41) is 12.8. The van der Waals surface area contributed by atoms with Crippen LogP contribution in [0.4, 0.5) is 0 Å². The Morgan fingerprint density at radius 1 is 0.794 bits per heavy atom. The number of rotatable bonds is 8. The number of halogens is 1. The number of nitrogens with zero attached hydrogens (tertiary/aromatic N) is 1. The molecule has 4 aromatic rings. The molecule has 0 radical (unpaired) electrons. The molecule has 0 aliphatic rings. The summed E-state index contributed by atoms with van der Waals surface area (Å²) in [5.74, 6) is -1.53. The van der Waals surface area contributed by atoms with E-state index in [9.17, 15) is 14.7 Å². The van der Waals surface area contributed by atoms with Crippen LogP contribution in [0.1, 0.15) is 22.3 Å². The zero-order valence-electron chi connectivity index (χ0n) is 18.3. The van der Waals surface area contributed by atoms with E-state index in [0.29, 0.717) is 10.2 Å². The lowest BCUT2D eigenvalue weighted by Crippen LogP contribution is -2.52. The Kier molecular flexibility index (Phi) is 7.18. The van der Waals surface area contributed by atoms with Gasteiger partial charge < -0.3 is 10.4 Å². The molecule has 1 heterocycles. The first-order chi connectivity index (χ1) is 16.5. The van der Waals surface area contributed by atoms with Gasteiger partial charge in [0.1, 0.15) is 16.1 Å². The summed E-state index contributed by atoms with van der Waals surface area (Å²) in [6, 6.07) is 30.7. The monoisotopic (exact) mass is 514 g/mol. The van der Waals surface area contributed by atoms with E-state index in [2.05, 4.69) is 26.2 Å². The number of pyridine rings is 1. The molecule has 34 heavy (non-hydrogen) atoms. The van der Waals surface area contributed by atoms with Crippen molar-refractivity contribution in [3.63, 3.8) is 0 Å². The number of carboxylic acid groups (broad SMARTS) is 1. The number of hydrogen-bond donors (Lipinski definition) is 2. The van der Waals surface area contributed by atoms with Crippen molar-refractivity contribution in [1.29, 1.82) is 0 Å². The number of amides is 1.